The molecule has 44 heavy (non-hydrogen) atoms. The van der Waals surface area contributed by atoms with Crippen molar-refractivity contribution >= 4 is 23.6 Å². The standard InChI is InChI=1S/C32H38F2N4O5.CH4/c1-19-14-24(37-27(15-19)38-26-16-21(28(33)34)12-13-35-26)22-8-11-25(36-17-22)32(5,41)23-9-6-20(7-10-23)29(39)42-18-43-30(40)31(2,3)4;/h8,11-17,20,23,28,41H,6-7,9-10,18H2,1-5H3,(H,35,37,38);1H4/t20?,23?,32-;/m1./s1. The number of esters is 2. The van der Waals surface area contributed by atoms with Crippen molar-refractivity contribution in [3.63, 3.8) is 0 Å². The predicted octanol–water partition coefficient (Wildman–Crippen LogP) is 7.27. The predicted molar refractivity (Wildman–Crippen MR) is 163 cm³/mol. The van der Waals surface area contributed by atoms with E-state index in [1.54, 1.807) is 46.0 Å². The summed E-state index contributed by atoms with van der Waals surface area (Å²) < 4.78 is 36.4. The largest absolute Gasteiger partial charge is 0.428 e. The molecule has 1 atom stereocenters. The quantitative estimate of drug-likeness (QED) is 0.190. The van der Waals surface area contributed by atoms with E-state index in [-0.39, 0.29) is 30.6 Å². The second-order valence-electron chi connectivity index (χ2n) is 12.2. The van der Waals surface area contributed by atoms with Crippen molar-refractivity contribution in [2.24, 2.45) is 17.3 Å². The highest BCUT2D eigenvalue weighted by molar-refractivity contribution is 5.76. The molecule has 3 aromatic rings. The first kappa shape index (κ1) is 34.5. The molecule has 0 amide bonds. The molecule has 1 aliphatic rings. The Morgan fingerprint density at radius 2 is 1.70 bits per heavy atom. The number of anilines is 2. The van der Waals surface area contributed by atoms with Gasteiger partial charge in [0.1, 0.15) is 17.2 Å². The smallest absolute Gasteiger partial charge is 0.314 e. The number of ether oxygens (including phenoxy) is 2. The van der Waals surface area contributed by atoms with Crippen LogP contribution in [0, 0.1) is 24.2 Å². The molecule has 2 N–H and O–H groups in total. The minimum atomic E-state index is -2.60. The fourth-order valence-corrected chi connectivity index (χ4v) is 5.08. The number of aliphatic hydroxyl groups is 1. The summed E-state index contributed by atoms with van der Waals surface area (Å²) in [7, 11) is 0. The molecule has 0 saturated heterocycles. The third-order valence-corrected chi connectivity index (χ3v) is 7.70. The van der Waals surface area contributed by atoms with Gasteiger partial charge >= 0.3 is 11.9 Å². The van der Waals surface area contributed by atoms with Gasteiger partial charge in [-0.05, 0) is 108 Å². The van der Waals surface area contributed by atoms with E-state index in [0.29, 0.717) is 42.9 Å². The van der Waals surface area contributed by atoms with Gasteiger partial charge in [0.25, 0.3) is 6.43 Å². The molecule has 238 valence electrons. The number of nitrogens with one attached hydrogen (secondary N) is 1. The van der Waals surface area contributed by atoms with Crippen molar-refractivity contribution in [3.05, 3.63) is 65.6 Å². The van der Waals surface area contributed by atoms with E-state index in [4.69, 9.17) is 9.47 Å². The van der Waals surface area contributed by atoms with Gasteiger partial charge in [0.2, 0.25) is 6.79 Å². The van der Waals surface area contributed by atoms with Gasteiger partial charge in [0.15, 0.2) is 0 Å². The van der Waals surface area contributed by atoms with Crippen LogP contribution < -0.4 is 5.32 Å². The lowest BCUT2D eigenvalue weighted by Crippen LogP contribution is -2.37. The minimum absolute atomic E-state index is 0. The zero-order chi connectivity index (χ0) is 31.4. The fraction of sp³-hybridized carbons (Fsp3) is 0.485. The van der Waals surface area contributed by atoms with Gasteiger partial charge in [-0.25, -0.2) is 18.7 Å². The number of hydrogen-bond acceptors (Lipinski definition) is 9. The van der Waals surface area contributed by atoms with E-state index in [9.17, 15) is 23.5 Å². The van der Waals surface area contributed by atoms with Crippen LogP contribution in [0.4, 0.5) is 20.4 Å². The van der Waals surface area contributed by atoms with Crippen molar-refractivity contribution in [3.8, 4) is 11.3 Å². The maximum Gasteiger partial charge on any atom is 0.314 e. The summed E-state index contributed by atoms with van der Waals surface area (Å²) in [5, 5.41) is 14.5. The molecule has 0 aromatic carbocycles. The lowest BCUT2D eigenvalue weighted by Gasteiger charge is -2.37. The van der Waals surface area contributed by atoms with Crippen molar-refractivity contribution in [1.82, 2.24) is 15.0 Å². The van der Waals surface area contributed by atoms with E-state index < -0.39 is 36.2 Å². The highest BCUT2D eigenvalue weighted by Gasteiger charge is 2.39. The van der Waals surface area contributed by atoms with Crippen LogP contribution in [0.5, 0.6) is 0 Å². The van der Waals surface area contributed by atoms with E-state index >= 15 is 0 Å². The lowest BCUT2D eigenvalue weighted by molar-refractivity contribution is -0.176. The van der Waals surface area contributed by atoms with E-state index in [1.165, 1.54) is 18.3 Å². The lowest BCUT2D eigenvalue weighted by atomic mass is 9.73. The van der Waals surface area contributed by atoms with Gasteiger partial charge in [-0.1, -0.05) is 7.43 Å². The molecule has 1 saturated carbocycles. The summed E-state index contributed by atoms with van der Waals surface area (Å²) in [5.74, 6) is -0.564. The average Bonchev–Trinajstić information content (AvgIpc) is 2.96. The number of alkyl halides is 2. The molecule has 0 spiro atoms. The Hall–Kier alpha value is -3.99. The SMILES string of the molecule is C.Cc1cc(Nc2cc(C(F)F)ccn2)nc(-c2ccc([C@](C)(O)C3CCC(C(=O)OCOC(=O)C(C)(C)C)CC3)nc2)c1. The Morgan fingerprint density at radius 3 is 2.32 bits per heavy atom. The molecule has 4 rings (SSSR count). The van der Waals surface area contributed by atoms with E-state index in [0.717, 1.165) is 11.1 Å². The van der Waals surface area contributed by atoms with Gasteiger partial charge in [0.05, 0.1) is 22.7 Å². The van der Waals surface area contributed by atoms with Gasteiger partial charge in [-0.3, -0.25) is 14.6 Å². The minimum Gasteiger partial charge on any atom is -0.428 e. The van der Waals surface area contributed by atoms with Crippen LogP contribution in [0.15, 0.2) is 48.8 Å². The first-order valence-electron chi connectivity index (χ1n) is 14.3. The van der Waals surface area contributed by atoms with Crippen LogP contribution in [0.1, 0.15) is 84.1 Å². The molecular weight excluding hydrogens is 570 g/mol. The number of hydrogen-bond donors (Lipinski definition) is 2. The third kappa shape index (κ3) is 8.56. The summed E-state index contributed by atoms with van der Waals surface area (Å²) in [6, 6.07) is 9.82. The Bertz CT molecular complexity index is 1430. The Kier molecular flexibility index (Phi) is 11.1. The Labute approximate surface area is 257 Å². The van der Waals surface area contributed by atoms with Crippen LogP contribution >= 0.6 is 0 Å². The second kappa shape index (κ2) is 14.2. The van der Waals surface area contributed by atoms with Gasteiger partial charge in [-0.15, -0.1) is 0 Å². The Balaban J connectivity index is 0.00000529. The van der Waals surface area contributed by atoms with Gasteiger partial charge < -0.3 is 19.9 Å². The molecule has 0 unspecified atom stereocenters. The van der Waals surface area contributed by atoms with Gasteiger partial charge in [-0.2, -0.15) is 0 Å². The molecule has 11 heteroatoms. The first-order chi connectivity index (χ1) is 20.2. The molecule has 3 aromatic heterocycles. The number of carbonyl (C=O) groups is 2. The monoisotopic (exact) mass is 612 g/mol. The van der Waals surface area contributed by atoms with Crippen LogP contribution in [0.25, 0.3) is 11.3 Å². The average molecular weight is 613 g/mol. The number of halogens is 2. The molecule has 0 aliphatic heterocycles. The Morgan fingerprint density at radius 1 is 1.00 bits per heavy atom. The number of aromatic nitrogens is 3. The molecule has 0 radical (unpaired) electrons. The molecule has 9 nitrogen and oxygen atoms in total. The summed E-state index contributed by atoms with van der Waals surface area (Å²) in [6.45, 7) is 8.40. The van der Waals surface area contributed by atoms with E-state index in [1.807, 2.05) is 19.1 Å². The zero-order valence-electron chi connectivity index (χ0n) is 25.1. The number of nitrogens with zero attached hydrogens (tertiary/aromatic N) is 3. The van der Waals surface area contributed by atoms with Gasteiger partial charge in [0, 0.05) is 23.5 Å². The number of carbonyl (C=O) groups excluding carboxylic acids is 2. The number of aryl methyl sites for hydroxylation is 1. The van der Waals surface area contributed by atoms with Crippen molar-refractivity contribution < 1.29 is 33.0 Å². The van der Waals surface area contributed by atoms with Crippen molar-refractivity contribution in [2.75, 3.05) is 12.1 Å². The normalized spacial score (nSPS) is 18.1. The highest BCUT2D eigenvalue weighted by Crippen LogP contribution is 2.41. The zero-order valence-corrected chi connectivity index (χ0v) is 25.1. The molecular formula is C33H42F2N4O5. The highest BCUT2D eigenvalue weighted by atomic mass is 19.3. The summed E-state index contributed by atoms with van der Waals surface area (Å²) in [4.78, 5) is 37.6. The second-order valence-corrected chi connectivity index (χ2v) is 12.2. The van der Waals surface area contributed by atoms with E-state index in [2.05, 4.69) is 20.3 Å². The number of rotatable bonds is 9. The van der Waals surface area contributed by atoms with Crippen LogP contribution in [0.3, 0.4) is 0 Å². The maximum atomic E-state index is 13.1. The van der Waals surface area contributed by atoms with Crippen LogP contribution in [-0.2, 0) is 24.7 Å². The molecule has 1 aliphatic carbocycles. The molecule has 1 fully saturated rings. The fourth-order valence-electron chi connectivity index (χ4n) is 5.08. The van der Waals surface area contributed by atoms with Crippen LogP contribution in [-0.4, -0.2) is 38.8 Å². The third-order valence-electron chi connectivity index (χ3n) is 7.70. The van der Waals surface area contributed by atoms with Crippen LogP contribution in [0.2, 0.25) is 0 Å². The number of pyridine rings is 3. The maximum absolute atomic E-state index is 13.1. The van der Waals surface area contributed by atoms with Crippen molar-refractivity contribution in [1.29, 1.82) is 0 Å². The first-order valence-corrected chi connectivity index (χ1v) is 14.3. The topological polar surface area (TPSA) is 124 Å². The summed E-state index contributed by atoms with van der Waals surface area (Å²) in [6.07, 6.45) is 2.66. The molecule has 0 bridgehead atoms. The summed E-state index contributed by atoms with van der Waals surface area (Å²) in [5.41, 5.74) is 0.724. The molecule has 3 heterocycles. The van der Waals surface area contributed by atoms with Crippen molar-refractivity contribution in [2.45, 2.75) is 79.8 Å². The summed E-state index contributed by atoms with van der Waals surface area (Å²) >= 11 is 0.